The second-order valence-electron chi connectivity index (χ2n) is 5.02. The van der Waals surface area contributed by atoms with Crippen molar-refractivity contribution in [2.75, 3.05) is 5.32 Å². The van der Waals surface area contributed by atoms with Crippen LogP contribution < -0.4 is 5.32 Å². The first-order valence-corrected chi connectivity index (χ1v) is 6.61. The van der Waals surface area contributed by atoms with Gasteiger partial charge in [0.2, 0.25) is 0 Å². The van der Waals surface area contributed by atoms with Gasteiger partial charge in [-0.05, 0) is 43.2 Å². The quantitative estimate of drug-likeness (QED) is 0.753. The van der Waals surface area contributed by atoms with Crippen LogP contribution in [0.2, 0.25) is 0 Å². The highest BCUT2D eigenvalue weighted by Crippen LogP contribution is 2.36. The van der Waals surface area contributed by atoms with Crippen LogP contribution in [-0.2, 0) is 0 Å². The molecule has 0 bridgehead atoms. The van der Waals surface area contributed by atoms with E-state index in [0.29, 0.717) is 11.7 Å². The highest BCUT2D eigenvalue weighted by atomic mass is 16.4. The third-order valence-electron chi connectivity index (χ3n) is 3.44. The predicted molar refractivity (Wildman–Crippen MR) is 75.7 cm³/mol. The number of rotatable bonds is 4. The Morgan fingerprint density at radius 2 is 2.00 bits per heavy atom. The maximum atomic E-state index is 12.2. The lowest BCUT2D eigenvalue weighted by Gasteiger charge is -2.10. The second kappa shape index (κ2) is 4.97. The Morgan fingerprint density at radius 3 is 2.62 bits per heavy atom. The number of carboxylic acid groups (broad SMARTS) is 1. The van der Waals surface area contributed by atoms with E-state index in [1.165, 1.54) is 12.1 Å². The lowest BCUT2D eigenvalue weighted by molar-refractivity contribution is 0.0696. The minimum absolute atomic E-state index is 0.0353. The summed E-state index contributed by atoms with van der Waals surface area (Å²) < 4.78 is 1.91. The van der Waals surface area contributed by atoms with Crippen LogP contribution in [0.4, 0.5) is 5.69 Å². The molecule has 108 valence electrons. The van der Waals surface area contributed by atoms with Gasteiger partial charge in [0.05, 0.1) is 11.3 Å². The lowest BCUT2D eigenvalue weighted by Crippen LogP contribution is -2.16. The number of carbonyl (C=O) groups is 2. The van der Waals surface area contributed by atoms with E-state index in [4.69, 9.17) is 5.11 Å². The van der Waals surface area contributed by atoms with Crippen LogP contribution in [0.15, 0.2) is 36.5 Å². The van der Waals surface area contributed by atoms with Crippen molar-refractivity contribution in [1.29, 1.82) is 0 Å². The molecule has 0 saturated heterocycles. The molecular formula is C15H14N2O4. The van der Waals surface area contributed by atoms with E-state index in [2.05, 4.69) is 5.32 Å². The largest absolute Gasteiger partial charge is 0.506 e. The summed E-state index contributed by atoms with van der Waals surface area (Å²) in [6.45, 7) is 0. The Balaban J connectivity index is 1.81. The molecule has 3 rings (SSSR count). The Morgan fingerprint density at radius 1 is 1.24 bits per heavy atom. The number of anilines is 1. The van der Waals surface area contributed by atoms with Crippen LogP contribution in [-0.4, -0.2) is 26.7 Å². The monoisotopic (exact) mass is 286 g/mol. The summed E-state index contributed by atoms with van der Waals surface area (Å²) in [5, 5.41) is 21.2. The Bertz CT molecular complexity index is 716. The number of nitrogens with zero attached hydrogens (tertiary/aromatic N) is 1. The molecular weight excluding hydrogens is 272 g/mol. The normalized spacial score (nSPS) is 13.9. The van der Waals surface area contributed by atoms with E-state index in [0.717, 1.165) is 18.9 Å². The van der Waals surface area contributed by atoms with Gasteiger partial charge in [-0.25, -0.2) is 4.79 Å². The Kier molecular flexibility index (Phi) is 3.13. The first-order chi connectivity index (χ1) is 10.1. The van der Waals surface area contributed by atoms with Crippen molar-refractivity contribution in [3.05, 3.63) is 47.8 Å². The number of hydrogen-bond donors (Lipinski definition) is 3. The minimum atomic E-state index is -1.13. The molecule has 6 nitrogen and oxygen atoms in total. The van der Waals surface area contributed by atoms with Crippen molar-refractivity contribution >= 4 is 17.6 Å². The van der Waals surface area contributed by atoms with Gasteiger partial charge in [0, 0.05) is 12.2 Å². The number of phenolic OH excluding ortho intramolecular Hbond substituents is 1. The molecule has 1 amide bonds. The van der Waals surface area contributed by atoms with E-state index in [1.807, 2.05) is 10.8 Å². The van der Waals surface area contributed by atoms with Crippen molar-refractivity contribution in [1.82, 2.24) is 4.57 Å². The average molecular weight is 286 g/mol. The van der Waals surface area contributed by atoms with Gasteiger partial charge in [-0.1, -0.05) is 0 Å². The van der Waals surface area contributed by atoms with E-state index in [-0.39, 0.29) is 22.9 Å². The fourth-order valence-corrected chi connectivity index (χ4v) is 2.21. The molecule has 1 aliphatic rings. The summed E-state index contributed by atoms with van der Waals surface area (Å²) in [7, 11) is 0. The Labute approximate surface area is 120 Å². The number of aromatic hydroxyl groups is 1. The van der Waals surface area contributed by atoms with Crippen molar-refractivity contribution in [2.24, 2.45) is 0 Å². The van der Waals surface area contributed by atoms with Gasteiger partial charge in [-0.3, -0.25) is 4.79 Å². The van der Waals surface area contributed by atoms with Gasteiger partial charge >= 0.3 is 5.97 Å². The summed E-state index contributed by atoms with van der Waals surface area (Å²) in [4.78, 5) is 23.0. The van der Waals surface area contributed by atoms with Crippen molar-refractivity contribution in [3.8, 4) is 5.75 Å². The van der Waals surface area contributed by atoms with Gasteiger partial charge < -0.3 is 20.1 Å². The number of phenols is 1. The molecule has 0 atom stereocenters. The molecule has 1 aliphatic carbocycles. The highest BCUT2D eigenvalue weighted by molar-refractivity contribution is 6.04. The molecule has 0 radical (unpaired) electrons. The number of aromatic nitrogens is 1. The highest BCUT2D eigenvalue weighted by Gasteiger charge is 2.26. The number of benzene rings is 1. The van der Waals surface area contributed by atoms with Crippen LogP contribution >= 0.6 is 0 Å². The second-order valence-corrected chi connectivity index (χ2v) is 5.02. The summed E-state index contributed by atoms with van der Waals surface area (Å²) in [6.07, 6.45) is 3.99. The molecule has 6 heteroatoms. The van der Waals surface area contributed by atoms with Crippen molar-refractivity contribution in [2.45, 2.75) is 18.9 Å². The van der Waals surface area contributed by atoms with Crippen LogP contribution in [0, 0.1) is 0 Å². The van der Waals surface area contributed by atoms with E-state index in [9.17, 15) is 14.7 Å². The SMILES string of the molecule is O=C(O)c1ccc(NC(=O)c2cccn2C2CC2)c(O)c1. The molecule has 0 aliphatic heterocycles. The fourth-order valence-electron chi connectivity index (χ4n) is 2.21. The molecule has 1 aromatic heterocycles. The summed E-state index contributed by atoms with van der Waals surface area (Å²) in [5.41, 5.74) is 0.680. The molecule has 1 aromatic carbocycles. The number of hydrogen-bond acceptors (Lipinski definition) is 3. The molecule has 21 heavy (non-hydrogen) atoms. The third kappa shape index (κ3) is 2.60. The third-order valence-corrected chi connectivity index (χ3v) is 3.44. The first kappa shape index (κ1) is 13.2. The standard InChI is InChI=1S/C15H14N2O4/c18-13-8-9(15(20)21)3-6-11(13)16-14(19)12-2-1-7-17(12)10-4-5-10/h1-3,6-8,10,18H,4-5H2,(H,16,19)(H,20,21). The predicted octanol–water partition coefficient (Wildman–Crippen LogP) is 2.48. The number of amides is 1. The topological polar surface area (TPSA) is 91.6 Å². The van der Waals surface area contributed by atoms with E-state index >= 15 is 0 Å². The van der Waals surface area contributed by atoms with Crippen molar-refractivity contribution < 1.29 is 19.8 Å². The average Bonchev–Trinajstić information content (AvgIpc) is 3.17. The minimum Gasteiger partial charge on any atom is -0.506 e. The van der Waals surface area contributed by atoms with Gasteiger partial charge in [-0.2, -0.15) is 0 Å². The smallest absolute Gasteiger partial charge is 0.335 e. The number of carboxylic acids is 1. The fraction of sp³-hybridized carbons (Fsp3) is 0.200. The van der Waals surface area contributed by atoms with Gasteiger partial charge in [-0.15, -0.1) is 0 Å². The van der Waals surface area contributed by atoms with E-state index < -0.39 is 5.97 Å². The van der Waals surface area contributed by atoms with Crippen LogP contribution in [0.1, 0.15) is 39.7 Å². The van der Waals surface area contributed by atoms with Crippen LogP contribution in [0.5, 0.6) is 5.75 Å². The maximum absolute atomic E-state index is 12.2. The maximum Gasteiger partial charge on any atom is 0.335 e. The number of aromatic carboxylic acids is 1. The molecule has 2 aromatic rings. The summed E-state index contributed by atoms with van der Waals surface area (Å²) in [6, 6.07) is 7.72. The van der Waals surface area contributed by atoms with E-state index in [1.54, 1.807) is 12.1 Å². The van der Waals surface area contributed by atoms with Crippen molar-refractivity contribution in [3.63, 3.8) is 0 Å². The van der Waals surface area contributed by atoms with Gasteiger partial charge in [0.1, 0.15) is 11.4 Å². The first-order valence-electron chi connectivity index (χ1n) is 6.61. The molecule has 1 fully saturated rings. The molecule has 1 saturated carbocycles. The zero-order chi connectivity index (χ0) is 15.0. The molecule has 0 spiro atoms. The number of carbonyl (C=O) groups excluding carboxylic acids is 1. The number of nitrogens with one attached hydrogen (secondary N) is 1. The summed E-state index contributed by atoms with van der Waals surface area (Å²) >= 11 is 0. The van der Waals surface area contributed by atoms with Gasteiger partial charge in [0.15, 0.2) is 0 Å². The summed E-state index contributed by atoms with van der Waals surface area (Å²) in [5.74, 6) is -1.73. The Hall–Kier alpha value is -2.76. The molecule has 3 N–H and O–H groups in total. The lowest BCUT2D eigenvalue weighted by atomic mass is 10.2. The van der Waals surface area contributed by atoms with Gasteiger partial charge in [0.25, 0.3) is 5.91 Å². The zero-order valence-electron chi connectivity index (χ0n) is 11.1. The van der Waals surface area contributed by atoms with Crippen LogP contribution in [0.25, 0.3) is 0 Å². The molecule has 1 heterocycles. The van der Waals surface area contributed by atoms with Crippen LogP contribution in [0.3, 0.4) is 0 Å². The zero-order valence-corrected chi connectivity index (χ0v) is 11.1. The molecule has 0 unspecified atom stereocenters.